The van der Waals surface area contributed by atoms with Crippen molar-refractivity contribution in [2.24, 2.45) is 11.3 Å². The fraction of sp³-hybridized carbons (Fsp3) is 0.515. The Balaban J connectivity index is 1.53. The highest BCUT2D eigenvalue weighted by Crippen LogP contribution is 2.60. The fourth-order valence-corrected chi connectivity index (χ4v) is 6.64. The molecule has 10 nitrogen and oxygen atoms in total. The molecule has 0 radical (unpaired) electrons. The molecule has 1 aliphatic carbocycles. The van der Waals surface area contributed by atoms with Gasteiger partial charge < -0.3 is 31.0 Å². The molecule has 1 aliphatic heterocycles. The number of aromatic amines is 1. The normalized spacial score (nSPS) is 21.0. The fourth-order valence-electron chi connectivity index (χ4n) is 6.39. The highest BCUT2D eigenvalue weighted by Gasteiger charge is 2.51. The second kappa shape index (κ2) is 12.8. The SMILES string of the molecule is CCNC(=O)[C@H](NC(=O)C1(c2ccc3nc([C@@H](NC(=O)NC)[C@H](c4ccccc4Cl)C4(C)CC4)[nH]c3c2)CCOC1)C(C)C. The molecular weight excluding hydrogens is 580 g/mol. The second-order valence-corrected chi connectivity index (χ2v) is 13.1. The zero-order valence-corrected chi connectivity index (χ0v) is 26.8. The number of hydrogen-bond donors (Lipinski definition) is 5. The van der Waals surface area contributed by atoms with Gasteiger partial charge in [0.2, 0.25) is 11.8 Å². The van der Waals surface area contributed by atoms with Crippen molar-refractivity contribution in [2.45, 2.75) is 70.4 Å². The first-order valence-electron chi connectivity index (χ1n) is 15.4. The van der Waals surface area contributed by atoms with Gasteiger partial charge in [-0.15, -0.1) is 0 Å². The number of aromatic nitrogens is 2. The molecular formula is C33H43ClN6O4. The topological polar surface area (TPSA) is 137 Å². The average Bonchev–Trinajstić information content (AvgIpc) is 3.36. The van der Waals surface area contributed by atoms with E-state index < -0.39 is 17.5 Å². The van der Waals surface area contributed by atoms with Crippen LogP contribution in [0.5, 0.6) is 0 Å². The lowest BCUT2D eigenvalue weighted by atomic mass is 9.78. The van der Waals surface area contributed by atoms with Crippen LogP contribution in [0.3, 0.4) is 0 Å². The highest BCUT2D eigenvalue weighted by molar-refractivity contribution is 6.31. The van der Waals surface area contributed by atoms with E-state index in [1.54, 1.807) is 7.05 Å². The number of hydrogen-bond acceptors (Lipinski definition) is 5. The highest BCUT2D eigenvalue weighted by atomic mass is 35.5. The molecule has 0 spiro atoms. The van der Waals surface area contributed by atoms with E-state index in [1.807, 2.05) is 63.2 Å². The predicted octanol–water partition coefficient (Wildman–Crippen LogP) is 4.71. The van der Waals surface area contributed by atoms with Gasteiger partial charge in [-0.1, -0.05) is 56.6 Å². The minimum Gasteiger partial charge on any atom is -0.380 e. The maximum Gasteiger partial charge on any atom is 0.315 e. The van der Waals surface area contributed by atoms with Gasteiger partial charge in [0.05, 0.1) is 29.1 Å². The number of H-pyrrole nitrogens is 1. The van der Waals surface area contributed by atoms with Crippen LogP contribution < -0.4 is 21.3 Å². The van der Waals surface area contributed by atoms with Gasteiger partial charge >= 0.3 is 6.03 Å². The minimum absolute atomic E-state index is 0.0683. The molecule has 2 aliphatic rings. The number of likely N-dealkylation sites (N-methyl/N-ethyl adjacent to an activating group) is 1. The van der Waals surface area contributed by atoms with Crippen LogP contribution in [0, 0.1) is 11.3 Å². The Morgan fingerprint density at radius 2 is 1.84 bits per heavy atom. The zero-order chi connectivity index (χ0) is 31.6. The molecule has 4 atom stereocenters. The quantitative estimate of drug-likeness (QED) is 0.211. The largest absolute Gasteiger partial charge is 0.380 e. The summed E-state index contributed by atoms with van der Waals surface area (Å²) >= 11 is 6.73. The molecule has 5 rings (SSSR count). The molecule has 1 saturated carbocycles. The summed E-state index contributed by atoms with van der Waals surface area (Å²) in [5.41, 5.74) is 2.16. The Hall–Kier alpha value is -3.63. The maximum absolute atomic E-state index is 13.9. The van der Waals surface area contributed by atoms with Gasteiger partial charge in [-0.05, 0) is 66.8 Å². The molecule has 5 N–H and O–H groups in total. The van der Waals surface area contributed by atoms with Gasteiger partial charge in [0.25, 0.3) is 0 Å². The molecule has 4 amide bonds. The monoisotopic (exact) mass is 622 g/mol. The van der Waals surface area contributed by atoms with Gasteiger partial charge in [0, 0.05) is 31.1 Å². The summed E-state index contributed by atoms with van der Waals surface area (Å²) in [6, 6.07) is 12.0. The number of amides is 4. The predicted molar refractivity (Wildman–Crippen MR) is 171 cm³/mol. The van der Waals surface area contributed by atoms with Crippen LogP contribution in [0.15, 0.2) is 42.5 Å². The number of ether oxygens (including phenoxy) is 1. The van der Waals surface area contributed by atoms with Crippen molar-refractivity contribution in [1.29, 1.82) is 0 Å². The van der Waals surface area contributed by atoms with Crippen LogP contribution in [-0.2, 0) is 19.7 Å². The molecule has 2 fully saturated rings. The number of fused-ring (bicyclic) bond motifs is 1. The van der Waals surface area contributed by atoms with Crippen molar-refractivity contribution < 1.29 is 19.1 Å². The molecule has 0 bridgehead atoms. The van der Waals surface area contributed by atoms with Gasteiger partial charge in [-0.2, -0.15) is 0 Å². The van der Waals surface area contributed by atoms with Crippen molar-refractivity contribution in [3.63, 3.8) is 0 Å². The Labute approximate surface area is 263 Å². The molecule has 11 heteroatoms. The molecule has 44 heavy (non-hydrogen) atoms. The number of carbonyl (C=O) groups excluding carboxylic acids is 3. The van der Waals surface area contributed by atoms with E-state index in [0.717, 1.165) is 29.5 Å². The number of imidazole rings is 1. The third kappa shape index (κ3) is 6.15. The van der Waals surface area contributed by atoms with Crippen LogP contribution in [0.4, 0.5) is 4.79 Å². The molecule has 236 valence electrons. The van der Waals surface area contributed by atoms with Crippen LogP contribution >= 0.6 is 11.6 Å². The van der Waals surface area contributed by atoms with Crippen molar-refractivity contribution in [1.82, 2.24) is 31.2 Å². The molecule has 3 aromatic rings. The first kappa shape index (κ1) is 31.8. The molecule has 1 unspecified atom stereocenters. The summed E-state index contributed by atoms with van der Waals surface area (Å²) in [5, 5.41) is 12.3. The Kier molecular flexibility index (Phi) is 9.23. The molecule has 2 aromatic carbocycles. The first-order chi connectivity index (χ1) is 21.0. The number of nitrogens with zero attached hydrogens (tertiary/aromatic N) is 1. The summed E-state index contributed by atoms with van der Waals surface area (Å²) in [7, 11) is 1.59. The standard InChI is InChI=1S/C33H43ClN6O4/c1-6-36-29(41)26(19(2)3)39-30(42)33(15-16-44-18-33)20-11-12-23-24(17-20)38-28(37-23)27(40-31(43)35-5)25(32(4)13-14-32)21-9-7-8-10-22(21)34/h7-12,17,19,25-27H,6,13-16,18H2,1-5H3,(H,36,41)(H,37,38)(H,39,42)(H2,35,40,43)/t25-,26+,27-,33?/m0/s1. The van der Waals surface area contributed by atoms with Crippen molar-refractivity contribution in [3.8, 4) is 0 Å². The van der Waals surface area contributed by atoms with E-state index in [4.69, 9.17) is 21.3 Å². The third-order valence-corrected chi connectivity index (χ3v) is 9.61. The number of halogens is 1. The van der Waals surface area contributed by atoms with E-state index >= 15 is 0 Å². The minimum atomic E-state index is -0.958. The van der Waals surface area contributed by atoms with Crippen molar-refractivity contribution >= 4 is 40.5 Å². The van der Waals surface area contributed by atoms with Crippen LogP contribution in [0.25, 0.3) is 11.0 Å². The lowest BCUT2D eigenvalue weighted by Gasteiger charge is -2.32. The summed E-state index contributed by atoms with van der Waals surface area (Å²) in [4.78, 5) is 47.9. The molecule has 1 saturated heterocycles. The van der Waals surface area contributed by atoms with Crippen LogP contribution in [0.1, 0.15) is 75.9 Å². The third-order valence-electron chi connectivity index (χ3n) is 9.27. The number of rotatable bonds is 11. The average molecular weight is 623 g/mol. The summed E-state index contributed by atoms with van der Waals surface area (Å²) in [5.74, 6) is -0.0526. The second-order valence-electron chi connectivity index (χ2n) is 12.7. The molecule has 2 heterocycles. The van der Waals surface area contributed by atoms with Crippen molar-refractivity contribution in [3.05, 3.63) is 64.4 Å². The Morgan fingerprint density at radius 3 is 2.45 bits per heavy atom. The summed E-state index contributed by atoms with van der Waals surface area (Å²) in [6.07, 6.45) is 2.49. The van der Waals surface area contributed by atoms with E-state index in [-0.39, 0.29) is 41.7 Å². The van der Waals surface area contributed by atoms with Gasteiger partial charge in [0.15, 0.2) is 0 Å². The lowest BCUT2D eigenvalue weighted by molar-refractivity contribution is -0.133. The van der Waals surface area contributed by atoms with E-state index in [0.29, 0.717) is 35.9 Å². The number of urea groups is 1. The summed E-state index contributed by atoms with van der Waals surface area (Å²) in [6.45, 7) is 9.02. The number of nitrogens with one attached hydrogen (secondary N) is 5. The first-order valence-corrected chi connectivity index (χ1v) is 15.8. The zero-order valence-electron chi connectivity index (χ0n) is 26.1. The molecule has 1 aromatic heterocycles. The van der Waals surface area contributed by atoms with E-state index in [9.17, 15) is 14.4 Å². The van der Waals surface area contributed by atoms with Crippen molar-refractivity contribution in [2.75, 3.05) is 26.8 Å². The Morgan fingerprint density at radius 1 is 1.09 bits per heavy atom. The Bertz CT molecular complexity index is 1530. The lowest BCUT2D eigenvalue weighted by Crippen LogP contribution is -2.55. The van der Waals surface area contributed by atoms with E-state index in [1.165, 1.54) is 0 Å². The van der Waals surface area contributed by atoms with Crippen LogP contribution in [-0.4, -0.2) is 60.7 Å². The van der Waals surface area contributed by atoms with E-state index in [2.05, 4.69) is 33.2 Å². The smallest absolute Gasteiger partial charge is 0.315 e. The van der Waals surface area contributed by atoms with Gasteiger partial charge in [0.1, 0.15) is 11.9 Å². The van der Waals surface area contributed by atoms with Gasteiger partial charge in [-0.3, -0.25) is 9.59 Å². The van der Waals surface area contributed by atoms with Gasteiger partial charge in [-0.25, -0.2) is 9.78 Å². The summed E-state index contributed by atoms with van der Waals surface area (Å²) < 4.78 is 5.78. The number of benzene rings is 2. The number of carbonyl (C=O) groups is 3. The van der Waals surface area contributed by atoms with Crippen LogP contribution in [0.2, 0.25) is 5.02 Å². The maximum atomic E-state index is 13.9.